The predicted molar refractivity (Wildman–Crippen MR) is 67.2 cm³/mol. The van der Waals surface area contributed by atoms with Crippen LogP contribution in [0.2, 0.25) is 0 Å². The molecule has 0 N–H and O–H groups in total. The zero-order valence-electron chi connectivity index (χ0n) is 10.1. The lowest BCUT2D eigenvalue weighted by molar-refractivity contribution is 0.0527. The molecule has 2 rings (SSSR count). The molecule has 0 aliphatic carbocycles. The van der Waals surface area contributed by atoms with Crippen LogP contribution < -0.4 is 0 Å². The molecule has 5 heteroatoms. The van der Waals surface area contributed by atoms with Gasteiger partial charge in [-0.3, -0.25) is 4.68 Å². The Kier molecular flexibility index (Phi) is 3.28. The van der Waals surface area contributed by atoms with Crippen molar-refractivity contribution in [2.45, 2.75) is 13.8 Å². The van der Waals surface area contributed by atoms with Gasteiger partial charge in [0.1, 0.15) is 0 Å². The maximum absolute atomic E-state index is 11.9. The molecule has 2 aromatic rings. The van der Waals surface area contributed by atoms with E-state index in [0.717, 1.165) is 16.0 Å². The van der Waals surface area contributed by atoms with E-state index in [1.54, 1.807) is 22.2 Å². The summed E-state index contributed by atoms with van der Waals surface area (Å²) < 4.78 is 6.80. The molecule has 2 heterocycles. The lowest BCUT2D eigenvalue weighted by Crippen LogP contribution is -2.06. The minimum absolute atomic E-state index is 0.259. The molecular weight excluding hydrogens is 236 g/mol. The van der Waals surface area contributed by atoms with Gasteiger partial charge in [0, 0.05) is 29.2 Å². The zero-order chi connectivity index (χ0) is 12.4. The number of hydrogen-bond donors (Lipinski definition) is 0. The number of esters is 1. The lowest BCUT2D eigenvalue weighted by Gasteiger charge is -2.03. The molecule has 0 saturated heterocycles. The van der Waals surface area contributed by atoms with Crippen LogP contribution in [0.4, 0.5) is 0 Å². The van der Waals surface area contributed by atoms with Crippen molar-refractivity contribution in [3.05, 3.63) is 28.2 Å². The maximum Gasteiger partial charge on any atom is 0.339 e. The fourth-order valence-electron chi connectivity index (χ4n) is 1.68. The zero-order valence-corrected chi connectivity index (χ0v) is 10.9. The standard InChI is InChI=1S/C12H14N2O2S/c1-4-16-12(15)11-8(2)17-7-10(11)9-5-13-14(3)6-9/h5-7H,4H2,1-3H3. The summed E-state index contributed by atoms with van der Waals surface area (Å²) in [5.41, 5.74) is 2.50. The molecule has 17 heavy (non-hydrogen) atoms. The summed E-state index contributed by atoms with van der Waals surface area (Å²) in [5.74, 6) is -0.259. The molecule has 0 aromatic carbocycles. The lowest BCUT2D eigenvalue weighted by atomic mass is 10.1. The minimum atomic E-state index is -0.259. The van der Waals surface area contributed by atoms with E-state index in [4.69, 9.17) is 4.74 Å². The highest BCUT2D eigenvalue weighted by atomic mass is 32.1. The quantitative estimate of drug-likeness (QED) is 0.787. The van der Waals surface area contributed by atoms with Gasteiger partial charge in [0.05, 0.1) is 18.4 Å². The van der Waals surface area contributed by atoms with Crippen molar-refractivity contribution in [2.24, 2.45) is 7.05 Å². The van der Waals surface area contributed by atoms with E-state index >= 15 is 0 Å². The Morgan fingerprint density at radius 2 is 2.35 bits per heavy atom. The molecule has 0 aliphatic rings. The summed E-state index contributed by atoms with van der Waals surface area (Å²) >= 11 is 1.55. The highest BCUT2D eigenvalue weighted by molar-refractivity contribution is 7.10. The third-order valence-electron chi connectivity index (χ3n) is 2.47. The second-order valence-electron chi connectivity index (χ2n) is 3.70. The monoisotopic (exact) mass is 250 g/mol. The minimum Gasteiger partial charge on any atom is -0.462 e. The molecule has 4 nitrogen and oxygen atoms in total. The van der Waals surface area contributed by atoms with Crippen molar-refractivity contribution in [2.75, 3.05) is 6.61 Å². The first kappa shape index (κ1) is 11.9. The van der Waals surface area contributed by atoms with Crippen molar-refractivity contribution in [1.82, 2.24) is 9.78 Å². The Morgan fingerprint density at radius 3 is 2.94 bits per heavy atom. The van der Waals surface area contributed by atoms with E-state index in [-0.39, 0.29) is 5.97 Å². The molecule has 0 atom stereocenters. The number of thiophene rings is 1. The Balaban J connectivity index is 2.45. The van der Waals surface area contributed by atoms with Crippen molar-refractivity contribution in [1.29, 1.82) is 0 Å². The van der Waals surface area contributed by atoms with Gasteiger partial charge in [-0.15, -0.1) is 11.3 Å². The van der Waals surface area contributed by atoms with E-state index < -0.39 is 0 Å². The van der Waals surface area contributed by atoms with E-state index in [2.05, 4.69) is 5.10 Å². The third kappa shape index (κ3) is 2.24. The molecule has 90 valence electrons. The van der Waals surface area contributed by atoms with Gasteiger partial charge in [-0.05, 0) is 19.2 Å². The highest BCUT2D eigenvalue weighted by Gasteiger charge is 2.19. The van der Waals surface area contributed by atoms with Crippen molar-refractivity contribution >= 4 is 17.3 Å². The van der Waals surface area contributed by atoms with Gasteiger partial charge in [0.2, 0.25) is 0 Å². The van der Waals surface area contributed by atoms with Gasteiger partial charge >= 0.3 is 5.97 Å². The number of ether oxygens (including phenoxy) is 1. The summed E-state index contributed by atoms with van der Waals surface area (Å²) in [4.78, 5) is 12.9. The average Bonchev–Trinajstić information content (AvgIpc) is 2.85. The van der Waals surface area contributed by atoms with Gasteiger partial charge in [0.25, 0.3) is 0 Å². The number of aryl methyl sites for hydroxylation is 2. The summed E-state index contributed by atoms with van der Waals surface area (Å²) in [5, 5.41) is 6.09. The number of rotatable bonds is 3. The Morgan fingerprint density at radius 1 is 1.59 bits per heavy atom. The van der Waals surface area contributed by atoms with Crippen LogP contribution in [-0.2, 0) is 11.8 Å². The van der Waals surface area contributed by atoms with Crippen LogP contribution in [0, 0.1) is 6.92 Å². The fraction of sp³-hybridized carbons (Fsp3) is 0.333. The first-order valence-electron chi connectivity index (χ1n) is 5.37. The van der Waals surface area contributed by atoms with Crippen LogP contribution >= 0.6 is 11.3 Å². The van der Waals surface area contributed by atoms with Gasteiger partial charge in [-0.2, -0.15) is 5.10 Å². The van der Waals surface area contributed by atoms with Gasteiger partial charge in [-0.1, -0.05) is 0 Å². The van der Waals surface area contributed by atoms with E-state index in [9.17, 15) is 4.79 Å². The van der Waals surface area contributed by atoms with Gasteiger partial charge in [0.15, 0.2) is 0 Å². The normalized spacial score (nSPS) is 10.5. The molecule has 0 amide bonds. The van der Waals surface area contributed by atoms with Crippen LogP contribution in [0.15, 0.2) is 17.8 Å². The highest BCUT2D eigenvalue weighted by Crippen LogP contribution is 2.31. The molecule has 0 aliphatic heterocycles. The summed E-state index contributed by atoms with van der Waals surface area (Å²) in [7, 11) is 1.85. The van der Waals surface area contributed by atoms with Crippen LogP contribution in [0.1, 0.15) is 22.2 Å². The largest absolute Gasteiger partial charge is 0.462 e. The van der Waals surface area contributed by atoms with Crippen LogP contribution in [0.25, 0.3) is 11.1 Å². The second-order valence-corrected chi connectivity index (χ2v) is 4.79. The van der Waals surface area contributed by atoms with Gasteiger partial charge in [-0.25, -0.2) is 4.79 Å². The first-order valence-corrected chi connectivity index (χ1v) is 6.25. The molecule has 0 saturated carbocycles. The van der Waals surface area contributed by atoms with E-state index in [1.807, 2.05) is 32.5 Å². The molecular formula is C12H14N2O2S. The van der Waals surface area contributed by atoms with E-state index in [1.165, 1.54) is 0 Å². The van der Waals surface area contributed by atoms with E-state index in [0.29, 0.717) is 12.2 Å². The molecule has 0 fully saturated rings. The number of hydrogen-bond acceptors (Lipinski definition) is 4. The number of carbonyl (C=O) groups is 1. The topological polar surface area (TPSA) is 44.1 Å². The molecule has 0 radical (unpaired) electrons. The summed E-state index contributed by atoms with van der Waals surface area (Å²) in [6.45, 7) is 4.13. The maximum atomic E-state index is 11.9. The SMILES string of the molecule is CCOC(=O)c1c(-c2cnn(C)c2)csc1C. The predicted octanol–water partition coefficient (Wildman–Crippen LogP) is 2.63. The van der Waals surface area contributed by atoms with Crippen LogP contribution in [0.5, 0.6) is 0 Å². The third-order valence-corrected chi connectivity index (χ3v) is 3.38. The summed E-state index contributed by atoms with van der Waals surface area (Å²) in [6.07, 6.45) is 3.65. The number of aromatic nitrogens is 2. The van der Waals surface area contributed by atoms with Crippen molar-refractivity contribution in [3.8, 4) is 11.1 Å². The summed E-state index contributed by atoms with van der Waals surface area (Å²) in [6, 6.07) is 0. The average molecular weight is 250 g/mol. The second kappa shape index (κ2) is 4.71. The molecule has 0 unspecified atom stereocenters. The van der Waals surface area contributed by atoms with Crippen LogP contribution in [0.3, 0.4) is 0 Å². The van der Waals surface area contributed by atoms with Crippen molar-refractivity contribution in [3.63, 3.8) is 0 Å². The fourth-order valence-corrected chi connectivity index (χ4v) is 2.54. The Bertz CT molecular complexity index is 542. The number of carbonyl (C=O) groups excluding carboxylic acids is 1. The van der Waals surface area contributed by atoms with Gasteiger partial charge < -0.3 is 4.74 Å². The first-order chi connectivity index (χ1) is 8.13. The number of nitrogens with zero attached hydrogens (tertiary/aromatic N) is 2. The molecule has 0 bridgehead atoms. The smallest absolute Gasteiger partial charge is 0.339 e. The molecule has 0 spiro atoms. The van der Waals surface area contributed by atoms with Crippen LogP contribution in [-0.4, -0.2) is 22.4 Å². The Hall–Kier alpha value is -1.62. The Labute approximate surface area is 104 Å². The molecule has 2 aromatic heterocycles. The van der Waals surface area contributed by atoms with Crippen molar-refractivity contribution < 1.29 is 9.53 Å².